The van der Waals surface area contributed by atoms with Crippen LogP contribution in [0.25, 0.3) is 0 Å². The van der Waals surface area contributed by atoms with Crippen LogP contribution in [0.3, 0.4) is 0 Å². The zero-order valence-corrected chi connectivity index (χ0v) is 12.9. The molecule has 0 aromatic heterocycles. The third kappa shape index (κ3) is 2.73. The number of rotatable bonds is 2. The molecule has 0 radical (unpaired) electrons. The van der Waals surface area contributed by atoms with Gasteiger partial charge in [0.25, 0.3) is 0 Å². The minimum atomic E-state index is -3.59. The molecule has 0 amide bonds. The zero-order chi connectivity index (χ0) is 15.1. The molecular weight excluding hydrogens is 279 g/mol. The van der Waals surface area contributed by atoms with Gasteiger partial charge in [-0.15, -0.1) is 0 Å². The van der Waals surface area contributed by atoms with E-state index in [4.69, 9.17) is 5.73 Å². The van der Waals surface area contributed by atoms with Crippen LogP contribution in [0.1, 0.15) is 24.5 Å². The molecular formula is C14H21FN2O2S. The first-order valence-corrected chi connectivity index (χ1v) is 8.20. The molecule has 20 heavy (non-hydrogen) atoms. The van der Waals surface area contributed by atoms with Crippen molar-refractivity contribution in [1.82, 2.24) is 4.31 Å². The second kappa shape index (κ2) is 5.42. The van der Waals surface area contributed by atoms with Gasteiger partial charge >= 0.3 is 0 Å². The molecule has 6 heteroatoms. The molecule has 0 aliphatic carbocycles. The van der Waals surface area contributed by atoms with E-state index >= 15 is 0 Å². The number of aryl methyl sites for hydroxylation is 2. The molecule has 4 nitrogen and oxygen atoms in total. The summed E-state index contributed by atoms with van der Waals surface area (Å²) in [5.41, 5.74) is 6.83. The lowest BCUT2D eigenvalue weighted by molar-refractivity contribution is 0.250. The van der Waals surface area contributed by atoms with Gasteiger partial charge in [0.1, 0.15) is 5.82 Å². The highest BCUT2D eigenvalue weighted by Gasteiger charge is 2.33. The van der Waals surface area contributed by atoms with Gasteiger partial charge in [0.05, 0.1) is 4.90 Å². The van der Waals surface area contributed by atoms with Crippen LogP contribution >= 0.6 is 0 Å². The van der Waals surface area contributed by atoms with Gasteiger partial charge in [-0.2, -0.15) is 4.31 Å². The normalized spacial score (nSPS) is 24.9. The first-order chi connectivity index (χ1) is 9.23. The number of halogens is 1. The first-order valence-electron chi connectivity index (χ1n) is 6.76. The van der Waals surface area contributed by atoms with Crippen LogP contribution in [0, 0.1) is 25.6 Å². The molecule has 1 aromatic rings. The Morgan fingerprint density at radius 1 is 1.30 bits per heavy atom. The Kier molecular flexibility index (Phi) is 4.18. The number of nitrogens with zero attached hydrogens (tertiary/aromatic N) is 1. The van der Waals surface area contributed by atoms with Crippen molar-refractivity contribution in [1.29, 1.82) is 0 Å². The van der Waals surface area contributed by atoms with E-state index < -0.39 is 15.8 Å². The molecule has 1 fully saturated rings. The first kappa shape index (κ1) is 15.4. The Balaban J connectivity index is 2.41. The van der Waals surface area contributed by atoms with Gasteiger partial charge in [0.15, 0.2) is 0 Å². The number of nitrogens with two attached hydrogens (primary N) is 1. The average Bonchev–Trinajstić information content (AvgIpc) is 2.30. The number of hydrogen-bond acceptors (Lipinski definition) is 3. The lowest BCUT2D eigenvalue weighted by Gasteiger charge is -2.34. The number of piperidine rings is 1. The van der Waals surface area contributed by atoms with E-state index in [1.165, 1.54) is 16.4 Å². The van der Waals surface area contributed by atoms with Gasteiger partial charge < -0.3 is 5.73 Å². The van der Waals surface area contributed by atoms with Crippen molar-refractivity contribution in [2.24, 2.45) is 11.7 Å². The molecule has 2 atom stereocenters. The zero-order valence-electron chi connectivity index (χ0n) is 12.1. The van der Waals surface area contributed by atoms with E-state index in [-0.39, 0.29) is 16.9 Å². The van der Waals surface area contributed by atoms with Crippen molar-refractivity contribution in [2.45, 2.75) is 38.1 Å². The Bertz CT molecular complexity index is 593. The van der Waals surface area contributed by atoms with Crippen LogP contribution in [-0.2, 0) is 10.0 Å². The van der Waals surface area contributed by atoms with E-state index in [1.54, 1.807) is 13.8 Å². The minimum Gasteiger partial charge on any atom is -0.327 e. The lowest BCUT2D eigenvalue weighted by atomic mass is 9.96. The standard InChI is InChI=1S/C14H21FN2O2S/c1-9-6-12(15)7-10(2)14(9)20(18,19)17-5-4-13(16)11(3)8-17/h6-7,11,13H,4-5,8,16H2,1-3H3. The number of sulfonamides is 1. The van der Waals surface area contributed by atoms with Crippen molar-refractivity contribution in [2.75, 3.05) is 13.1 Å². The Morgan fingerprint density at radius 2 is 1.85 bits per heavy atom. The molecule has 112 valence electrons. The number of benzene rings is 1. The lowest BCUT2D eigenvalue weighted by Crippen LogP contribution is -2.48. The van der Waals surface area contributed by atoms with Gasteiger partial charge in [-0.25, -0.2) is 12.8 Å². The molecule has 2 unspecified atom stereocenters. The van der Waals surface area contributed by atoms with Gasteiger partial charge in [0, 0.05) is 19.1 Å². The maximum atomic E-state index is 13.3. The maximum absolute atomic E-state index is 13.3. The molecule has 2 rings (SSSR count). The van der Waals surface area contributed by atoms with Crippen LogP contribution in [0.5, 0.6) is 0 Å². The summed E-state index contributed by atoms with van der Waals surface area (Å²) in [6.45, 7) is 6.05. The number of hydrogen-bond donors (Lipinski definition) is 1. The van der Waals surface area contributed by atoms with E-state index in [2.05, 4.69) is 0 Å². The Hall–Kier alpha value is -0.980. The SMILES string of the molecule is Cc1cc(F)cc(C)c1S(=O)(=O)N1CCC(N)C(C)C1. The highest BCUT2D eigenvalue weighted by molar-refractivity contribution is 7.89. The summed E-state index contributed by atoms with van der Waals surface area (Å²) in [5, 5.41) is 0. The van der Waals surface area contributed by atoms with Crippen molar-refractivity contribution >= 4 is 10.0 Å². The van der Waals surface area contributed by atoms with Gasteiger partial charge in [0.2, 0.25) is 10.0 Å². The van der Waals surface area contributed by atoms with E-state index in [0.717, 1.165) is 0 Å². The maximum Gasteiger partial charge on any atom is 0.243 e. The predicted molar refractivity (Wildman–Crippen MR) is 76.4 cm³/mol. The average molecular weight is 300 g/mol. The highest BCUT2D eigenvalue weighted by atomic mass is 32.2. The van der Waals surface area contributed by atoms with Crippen molar-refractivity contribution in [3.05, 3.63) is 29.1 Å². The quantitative estimate of drug-likeness (QED) is 0.906. The van der Waals surface area contributed by atoms with Gasteiger partial charge in [-0.1, -0.05) is 6.92 Å². The summed E-state index contributed by atoms with van der Waals surface area (Å²) in [5.74, 6) is -0.285. The summed E-state index contributed by atoms with van der Waals surface area (Å²) in [6.07, 6.45) is 0.652. The fourth-order valence-corrected chi connectivity index (χ4v) is 4.74. The van der Waals surface area contributed by atoms with Crippen molar-refractivity contribution < 1.29 is 12.8 Å². The van der Waals surface area contributed by atoms with Crippen LogP contribution in [0.4, 0.5) is 4.39 Å². The Morgan fingerprint density at radius 3 is 2.35 bits per heavy atom. The highest BCUT2D eigenvalue weighted by Crippen LogP contribution is 2.28. The smallest absolute Gasteiger partial charge is 0.243 e. The van der Waals surface area contributed by atoms with E-state index in [0.29, 0.717) is 30.6 Å². The minimum absolute atomic E-state index is 0.0388. The second-order valence-corrected chi connectivity index (χ2v) is 7.54. The molecule has 1 aliphatic heterocycles. The molecule has 1 aliphatic rings. The summed E-state index contributed by atoms with van der Waals surface area (Å²) < 4.78 is 40.3. The van der Waals surface area contributed by atoms with E-state index in [9.17, 15) is 12.8 Å². The second-order valence-electron chi connectivity index (χ2n) is 5.66. The van der Waals surface area contributed by atoms with Crippen LogP contribution in [0.2, 0.25) is 0 Å². The fraction of sp³-hybridized carbons (Fsp3) is 0.571. The fourth-order valence-electron chi connectivity index (χ4n) is 2.78. The largest absolute Gasteiger partial charge is 0.327 e. The van der Waals surface area contributed by atoms with Crippen molar-refractivity contribution in [3.63, 3.8) is 0 Å². The topological polar surface area (TPSA) is 63.4 Å². The molecule has 2 N–H and O–H groups in total. The third-order valence-corrected chi connectivity index (χ3v) is 6.13. The Labute approximate surface area is 119 Å². The van der Waals surface area contributed by atoms with Crippen LogP contribution < -0.4 is 5.73 Å². The molecule has 1 heterocycles. The summed E-state index contributed by atoms with van der Waals surface area (Å²) >= 11 is 0. The molecule has 1 aromatic carbocycles. The molecule has 0 saturated carbocycles. The van der Waals surface area contributed by atoms with Gasteiger partial charge in [-0.3, -0.25) is 0 Å². The summed E-state index contributed by atoms with van der Waals surface area (Å²) in [7, 11) is -3.59. The summed E-state index contributed by atoms with van der Waals surface area (Å²) in [4.78, 5) is 0.224. The predicted octanol–water partition coefficient (Wildman–Crippen LogP) is 1.80. The molecule has 1 saturated heterocycles. The third-order valence-electron chi connectivity index (χ3n) is 3.96. The summed E-state index contributed by atoms with van der Waals surface area (Å²) in [6, 6.07) is 2.56. The molecule has 0 spiro atoms. The van der Waals surface area contributed by atoms with E-state index in [1.807, 2.05) is 6.92 Å². The van der Waals surface area contributed by atoms with Crippen molar-refractivity contribution in [3.8, 4) is 0 Å². The monoisotopic (exact) mass is 300 g/mol. The van der Waals surface area contributed by atoms with Crippen LogP contribution in [-0.4, -0.2) is 31.9 Å². The molecule has 0 bridgehead atoms. The van der Waals surface area contributed by atoms with Crippen LogP contribution in [0.15, 0.2) is 17.0 Å². The van der Waals surface area contributed by atoms with Gasteiger partial charge in [-0.05, 0) is 49.4 Å².